The fourth-order valence-electron chi connectivity index (χ4n) is 5.76. The van der Waals surface area contributed by atoms with Gasteiger partial charge < -0.3 is 48.6 Å². The molecule has 4 aromatic rings. The highest BCUT2D eigenvalue weighted by atomic mass is 35.5. The van der Waals surface area contributed by atoms with Crippen molar-refractivity contribution in [3.63, 3.8) is 0 Å². The molecule has 2 N–H and O–H groups in total. The number of benzene rings is 4. The van der Waals surface area contributed by atoms with Crippen molar-refractivity contribution in [3.8, 4) is 40.2 Å². The van der Waals surface area contributed by atoms with Crippen LogP contribution in [-0.4, -0.2) is 60.4 Å². The Bertz CT molecular complexity index is 1860. The van der Waals surface area contributed by atoms with Crippen LogP contribution in [0.15, 0.2) is 71.9 Å². The highest BCUT2D eigenvalue weighted by Gasteiger charge is 2.30. The lowest BCUT2D eigenvalue weighted by Crippen LogP contribution is -2.38. The van der Waals surface area contributed by atoms with Gasteiger partial charge in [-0.2, -0.15) is 0 Å². The van der Waals surface area contributed by atoms with Crippen molar-refractivity contribution in [3.05, 3.63) is 94.0 Å². The zero-order chi connectivity index (χ0) is 34.5. The number of nitrogens with one attached hydrogen (secondary N) is 2. The summed E-state index contributed by atoms with van der Waals surface area (Å²) in [6.07, 6.45) is -0.376. The SMILES string of the molecule is COc1cc(C2NC(=O)c3cc(Cl)ccc3N2)ccc1OCCOc1cccc(C2CC(c3cc(OC)c(OC)c(OC)c3)=NO2)c1OC. The van der Waals surface area contributed by atoms with Gasteiger partial charge in [0, 0.05) is 28.3 Å². The van der Waals surface area contributed by atoms with E-state index >= 15 is 0 Å². The number of carbonyl (C=O) groups is 1. The summed E-state index contributed by atoms with van der Waals surface area (Å²) >= 11 is 6.06. The summed E-state index contributed by atoms with van der Waals surface area (Å²) in [6, 6.07) is 19.9. The van der Waals surface area contributed by atoms with Crippen molar-refractivity contribution in [1.29, 1.82) is 0 Å². The number of hydrogen-bond donors (Lipinski definition) is 2. The van der Waals surface area contributed by atoms with Crippen LogP contribution in [0.1, 0.15) is 45.7 Å². The second-order valence-electron chi connectivity index (χ2n) is 11.0. The van der Waals surface area contributed by atoms with Crippen molar-refractivity contribution in [1.82, 2.24) is 5.32 Å². The summed E-state index contributed by atoms with van der Waals surface area (Å²) in [5.74, 6) is 3.45. The Morgan fingerprint density at radius 2 is 1.47 bits per heavy atom. The fraction of sp³-hybridized carbons (Fsp3) is 0.278. The van der Waals surface area contributed by atoms with Gasteiger partial charge in [-0.3, -0.25) is 4.79 Å². The van der Waals surface area contributed by atoms with Crippen molar-refractivity contribution in [2.45, 2.75) is 18.7 Å². The molecule has 0 saturated heterocycles. The topological polar surface area (TPSA) is 127 Å². The lowest BCUT2D eigenvalue weighted by atomic mass is 9.98. The maximum absolute atomic E-state index is 12.7. The van der Waals surface area contributed by atoms with E-state index in [1.54, 1.807) is 59.8 Å². The van der Waals surface area contributed by atoms with Crippen LogP contribution >= 0.6 is 11.6 Å². The van der Waals surface area contributed by atoms with Gasteiger partial charge in [0.15, 0.2) is 40.6 Å². The molecule has 0 bridgehead atoms. The molecule has 2 heterocycles. The van der Waals surface area contributed by atoms with E-state index in [1.807, 2.05) is 42.5 Å². The maximum atomic E-state index is 12.7. The number of para-hydroxylation sites is 1. The molecule has 49 heavy (non-hydrogen) atoms. The molecular formula is C36H36ClN3O9. The normalized spacial score (nSPS) is 16.3. The third-order valence-electron chi connectivity index (χ3n) is 8.15. The van der Waals surface area contributed by atoms with Crippen molar-refractivity contribution < 1.29 is 42.8 Å². The molecule has 256 valence electrons. The molecule has 0 radical (unpaired) electrons. The van der Waals surface area contributed by atoms with Crippen LogP contribution in [0.25, 0.3) is 0 Å². The Kier molecular flexibility index (Phi) is 10.0. The van der Waals surface area contributed by atoms with Crippen molar-refractivity contribution in [2.24, 2.45) is 5.16 Å². The molecule has 0 fully saturated rings. The van der Waals surface area contributed by atoms with E-state index < -0.39 is 12.3 Å². The van der Waals surface area contributed by atoms with Gasteiger partial charge in [0.1, 0.15) is 19.4 Å². The summed E-state index contributed by atoms with van der Waals surface area (Å²) in [4.78, 5) is 18.6. The third kappa shape index (κ3) is 6.91. The Balaban J connectivity index is 1.08. The summed E-state index contributed by atoms with van der Waals surface area (Å²) in [6.45, 7) is 0.451. The average molecular weight is 690 g/mol. The summed E-state index contributed by atoms with van der Waals surface area (Å²) in [7, 11) is 7.84. The minimum absolute atomic E-state index is 0.219. The number of methoxy groups -OCH3 is 5. The first-order chi connectivity index (χ1) is 23.9. The van der Waals surface area contributed by atoms with Gasteiger partial charge in [0.05, 0.1) is 46.8 Å². The van der Waals surface area contributed by atoms with Gasteiger partial charge >= 0.3 is 0 Å². The van der Waals surface area contributed by atoms with Crippen molar-refractivity contribution >= 4 is 28.9 Å². The average Bonchev–Trinajstić information content (AvgIpc) is 3.63. The quantitative estimate of drug-likeness (QED) is 0.149. The molecule has 0 aliphatic carbocycles. The Hall–Kier alpha value is -5.49. The molecule has 2 aliphatic heterocycles. The van der Waals surface area contributed by atoms with E-state index in [0.29, 0.717) is 62.9 Å². The lowest BCUT2D eigenvalue weighted by molar-refractivity contribution is 0.0831. The number of anilines is 1. The molecule has 13 heteroatoms. The number of nitrogens with zero attached hydrogens (tertiary/aromatic N) is 1. The number of ether oxygens (including phenoxy) is 7. The number of fused-ring (bicyclic) bond motifs is 1. The predicted molar refractivity (Wildman–Crippen MR) is 183 cm³/mol. The molecule has 2 unspecified atom stereocenters. The predicted octanol–water partition coefficient (Wildman–Crippen LogP) is 6.56. The number of carbonyl (C=O) groups excluding carboxylic acids is 1. The van der Waals surface area contributed by atoms with E-state index in [2.05, 4.69) is 15.8 Å². The fourth-order valence-corrected chi connectivity index (χ4v) is 5.94. The van der Waals surface area contributed by atoms with Crippen LogP contribution in [0, 0.1) is 0 Å². The van der Waals surface area contributed by atoms with Crippen LogP contribution in [0.3, 0.4) is 0 Å². The van der Waals surface area contributed by atoms with Crippen LogP contribution in [0.2, 0.25) is 5.02 Å². The first kappa shape index (κ1) is 33.4. The van der Waals surface area contributed by atoms with E-state index in [9.17, 15) is 4.79 Å². The number of hydrogen-bond acceptors (Lipinski definition) is 11. The van der Waals surface area contributed by atoms with Gasteiger partial charge in [0.2, 0.25) is 5.75 Å². The minimum atomic E-state index is -0.459. The molecule has 0 saturated carbocycles. The molecule has 2 atom stereocenters. The Labute approximate surface area is 288 Å². The van der Waals surface area contributed by atoms with Crippen LogP contribution < -0.4 is 43.8 Å². The molecule has 4 aromatic carbocycles. The standard InChI is InChI=1S/C36H36ClN3O9/c1-42-30-15-20(35-38-25-11-10-22(37)18-24(25)36(41)39-35)9-12-27(30)47-13-14-48-28-8-6-7-23(33(28)45-4)29-19-26(40-49-29)21-16-31(43-2)34(46-5)32(17-21)44-3/h6-12,15-18,29,35,38H,13-14,19H2,1-5H3,(H,39,41). The first-order valence-electron chi connectivity index (χ1n) is 15.4. The van der Waals surface area contributed by atoms with Crippen molar-refractivity contribution in [2.75, 3.05) is 54.1 Å². The largest absolute Gasteiger partial charge is 0.493 e. The molecule has 0 spiro atoms. The van der Waals surface area contributed by atoms with Gasteiger partial charge in [-0.05, 0) is 54.1 Å². The monoisotopic (exact) mass is 689 g/mol. The second-order valence-corrected chi connectivity index (χ2v) is 11.4. The number of halogens is 1. The van der Waals surface area contributed by atoms with E-state index in [0.717, 1.165) is 22.4 Å². The Morgan fingerprint density at radius 3 is 2.16 bits per heavy atom. The van der Waals surface area contributed by atoms with E-state index in [-0.39, 0.29) is 19.1 Å². The van der Waals surface area contributed by atoms with Gasteiger partial charge in [-0.25, -0.2) is 0 Å². The third-order valence-corrected chi connectivity index (χ3v) is 8.38. The smallest absolute Gasteiger partial charge is 0.255 e. The zero-order valence-corrected chi connectivity index (χ0v) is 28.4. The second kappa shape index (κ2) is 14.7. The minimum Gasteiger partial charge on any atom is -0.493 e. The highest BCUT2D eigenvalue weighted by Crippen LogP contribution is 2.43. The maximum Gasteiger partial charge on any atom is 0.255 e. The van der Waals surface area contributed by atoms with Crippen LogP contribution in [0.4, 0.5) is 5.69 Å². The molecular weight excluding hydrogens is 654 g/mol. The van der Waals surface area contributed by atoms with E-state index in [4.69, 9.17) is 49.6 Å². The number of rotatable bonds is 13. The summed E-state index contributed by atoms with van der Waals surface area (Å²) < 4.78 is 39.9. The highest BCUT2D eigenvalue weighted by molar-refractivity contribution is 6.31. The lowest BCUT2D eigenvalue weighted by Gasteiger charge is -2.28. The van der Waals surface area contributed by atoms with E-state index in [1.165, 1.54) is 0 Å². The van der Waals surface area contributed by atoms with Crippen LogP contribution in [0.5, 0.6) is 40.2 Å². The zero-order valence-electron chi connectivity index (χ0n) is 27.6. The number of oxime groups is 1. The Morgan fingerprint density at radius 1 is 0.755 bits per heavy atom. The first-order valence-corrected chi connectivity index (χ1v) is 15.8. The molecule has 2 aliphatic rings. The molecule has 12 nitrogen and oxygen atoms in total. The van der Waals surface area contributed by atoms with Crippen LogP contribution in [-0.2, 0) is 4.84 Å². The number of amides is 1. The van der Waals surface area contributed by atoms with Gasteiger partial charge in [0.25, 0.3) is 5.91 Å². The molecule has 6 rings (SSSR count). The molecule has 1 amide bonds. The summed E-state index contributed by atoms with van der Waals surface area (Å²) in [5, 5.41) is 11.1. The summed E-state index contributed by atoms with van der Waals surface area (Å²) in [5.41, 5.74) is 4.28. The van der Waals surface area contributed by atoms with Gasteiger partial charge in [-0.1, -0.05) is 35.0 Å². The van der Waals surface area contributed by atoms with Gasteiger partial charge in [-0.15, -0.1) is 0 Å². The molecule has 0 aromatic heterocycles.